The van der Waals surface area contributed by atoms with Crippen molar-refractivity contribution in [3.63, 3.8) is 0 Å². The molecule has 1 aliphatic heterocycles. The Labute approximate surface area is 44.9 Å². The Morgan fingerprint density at radius 3 is 1.83 bits per heavy atom. The van der Waals surface area contributed by atoms with E-state index in [2.05, 4.69) is 9.78 Å². The lowest BCUT2D eigenvalue weighted by Crippen LogP contribution is -2.35. The van der Waals surface area contributed by atoms with Gasteiger partial charge in [0.1, 0.15) is 6.61 Å². The Hall–Kier alpha value is 0.500. The number of halogens is 2. The third-order valence-electron chi connectivity index (χ3n) is 0.408. The van der Waals surface area contributed by atoms with Crippen molar-refractivity contribution in [3.05, 3.63) is 0 Å². The molecule has 0 unspecified atom stereocenters. The minimum atomic E-state index is -1.06. The first-order valence-electron chi connectivity index (χ1n) is 1.39. The normalized spacial score (nSPS) is 29.0. The van der Waals surface area contributed by atoms with E-state index in [1.807, 2.05) is 0 Å². The van der Waals surface area contributed by atoms with E-state index >= 15 is 0 Å². The van der Waals surface area contributed by atoms with Crippen LogP contribution in [0.1, 0.15) is 0 Å². The summed E-state index contributed by atoms with van der Waals surface area (Å²) in [6.07, 6.45) is 0. The molecule has 0 aromatic carbocycles. The predicted molar refractivity (Wildman–Crippen MR) is 21.5 cm³/mol. The van der Waals surface area contributed by atoms with Gasteiger partial charge in [0.15, 0.2) is 0 Å². The van der Waals surface area contributed by atoms with Gasteiger partial charge < -0.3 is 0 Å². The second kappa shape index (κ2) is 1.23. The Kier molecular flexibility index (Phi) is 0.957. The van der Waals surface area contributed by atoms with Crippen molar-refractivity contribution < 1.29 is 9.78 Å². The van der Waals surface area contributed by atoms with Crippen molar-refractivity contribution in [2.45, 2.75) is 4.52 Å². The molecule has 0 aliphatic carbocycles. The van der Waals surface area contributed by atoms with Gasteiger partial charge in [-0.1, -0.05) is 23.2 Å². The maximum atomic E-state index is 5.22. The molecule has 1 fully saturated rings. The molecule has 0 aromatic rings. The van der Waals surface area contributed by atoms with Crippen LogP contribution in [0.4, 0.5) is 0 Å². The van der Waals surface area contributed by atoms with E-state index in [1.165, 1.54) is 0 Å². The van der Waals surface area contributed by atoms with Crippen LogP contribution in [0.15, 0.2) is 0 Å². The summed E-state index contributed by atoms with van der Waals surface area (Å²) >= 11 is 10.4. The number of alkyl halides is 2. The van der Waals surface area contributed by atoms with E-state index < -0.39 is 4.52 Å². The van der Waals surface area contributed by atoms with Gasteiger partial charge in [-0.2, -0.15) is 4.89 Å². The smallest absolute Gasteiger partial charge is 0.228 e. The monoisotopic (exact) mass is 128 g/mol. The van der Waals surface area contributed by atoms with Crippen LogP contribution in [0, 0.1) is 0 Å². The summed E-state index contributed by atoms with van der Waals surface area (Å²) in [5, 5.41) is 0. The zero-order chi connectivity index (χ0) is 4.62. The number of rotatable bonds is 0. The topological polar surface area (TPSA) is 18.5 Å². The number of hydrogen-bond donors (Lipinski definition) is 0. The van der Waals surface area contributed by atoms with E-state index in [0.717, 1.165) is 0 Å². The Bertz CT molecular complexity index is 56.6. The van der Waals surface area contributed by atoms with Crippen molar-refractivity contribution >= 4 is 23.2 Å². The predicted octanol–water partition coefficient (Wildman–Crippen LogP) is 1.08. The van der Waals surface area contributed by atoms with Crippen LogP contribution in [0.5, 0.6) is 0 Å². The van der Waals surface area contributed by atoms with Gasteiger partial charge >= 0.3 is 0 Å². The molecule has 1 rings (SSSR count). The van der Waals surface area contributed by atoms with E-state index in [9.17, 15) is 0 Å². The molecule has 0 bridgehead atoms. The molecule has 1 aliphatic rings. The lowest BCUT2D eigenvalue weighted by molar-refractivity contribution is -0.416. The standard InChI is InChI=1S/C2H2Cl2O2/c3-2(4)1-5-6-2/h1H2. The second-order valence-corrected chi connectivity index (χ2v) is 2.40. The fourth-order valence-corrected chi connectivity index (χ4v) is 0.326. The van der Waals surface area contributed by atoms with Crippen molar-refractivity contribution in [2.24, 2.45) is 0 Å². The fraction of sp³-hybridized carbons (Fsp3) is 1.00. The summed E-state index contributed by atoms with van der Waals surface area (Å²) in [7, 11) is 0. The average molecular weight is 129 g/mol. The van der Waals surface area contributed by atoms with Crippen LogP contribution in [-0.4, -0.2) is 11.1 Å². The molecule has 4 heteroatoms. The second-order valence-electron chi connectivity index (χ2n) is 0.983. The van der Waals surface area contributed by atoms with Gasteiger partial charge in [0.05, 0.1) is 0 Å². The molecule has 0 radical (unpaired) electrons. The molecule has 1 heterocycles. The molecular formula is C2H2Cl2O2. The van der Waals surface area contributed by atoms with Gasteiger partial charge in [0, 0.05) is 0 Å². The van der Waals surface area contributed by atoms with Crippen LogP contribution in [0.3, 0.4) is 0 Å². The minimum Gasteiger partial charge on any atom is -0.228 e. The highest BCUT2D eigenvalue weighted by molar-refractivity contribution is 6.47. The van der Waals surface area contributed by atoms with E-state index in [1.54, 1.807) is 0 Å². The Morgan fingerprint density at radius 1 is 1.50 bits per heavy atom. The molecule has 0 N–H and O–H groups in total. The first-order chi connectivity index (χ1) is 2.71. The average Bonchev–Trinajstić information content (AvgIpc) is 1.32. The van der Waals surface area contributed by atoms with E-state index in [4.69, 9.17) is 23.2 Å². The Morgan fingerprint density at radius 2 is 1.83 bits per heavy atom. The largest absolute Gasteiger partial charge is 0.276 e. The lowest BCUT2D eigenvalue weighted by Gasteiger charge is -2.26. The summed E-state index contributed by atoms with van der Waals surface area (Å²) in [5.41, 5.74) is 0. The van der Waals surface area contributed by atoms with Crippen LogP contribution in [-0.2, 0) is 9.78 Å². The minimum absolute atomic E-state index is 0.260. The van der Waals surface area contributed by atoms with Crippen molar-refractivity contribution in [1.29, 1.82) is 0 Å². The van der Waals surface area contributed by atoms with Crippen LogP contribution in [0.25, 0.3) is 0 Å². The SMILES string of the molecule is ClC1(Cl)COO1. The molecule has 0 amide bonds. The van der Waals surface area contributed by atoms with Gasteiger partial charge in [0.25, 0.3) is 4.52 Å². The maximum Gasteiger partial charge on any atom is 0.276 e. The van der Waals surface area contributed by atoms with Gasteiger partial charge in [-0.25, -0.2) is 4.89 Å². The van der Waals surface area contributed by atoms with Gasteiger partial charge in [-0.3, -0.25) is 0 Å². The Balaban J connectivity index is 2.31. The maximum absolute atomic E-state index is 5.22. The summed E-state index contributed by atoms with van der Waals surface area (Å²) < 4.78 is -1.06. The molecule has 0 atom stereocenters. The van der Waals surface area contributed by atoms with Gasteiger partial charge in [0.2, 0.25) is 0 Å². The molecule has 6 heavy (non-hydrogen) atoms. The van der Waals surface area contributed by atoms with Crippen molar-refractivity contribution in [1.82, 2.24) is 0 Å². The zero-order valence-corrected chi connectivity index (χ0v) is 4.29. The molecule has 0 spiro atoms. The summed E-state index contributed by atoms with van der Waals surface area (Å²) in [5.74, 6) is 0. The summed E-state index contributed by atoms with van der Waals surface area (Å²) in [6, 6.07) is 0. The highest BCUT2D eigenvalue weighted by atomic mass is 35.5. The van der Waals surface area contributed by atoms with Crippen LogP contribution >= 0.6 is 23.2 Å². The summed E-state index contributed by atoms with van der Waals surface area (Å²) in [4.78, 5) is 8.32. The molecule has 0 aromatic heterocycles. The number of hydrogen-bond acceptors (Lipinski definition) is 2. The van der Waals surface area contributed by atoms with E-state index in [0.29, 0.717) is 0 Å². The molecular weight excluding hydrogens is 127 g/mol. The third kappa shape index (κ3) is 0.763. The van der Waals surface area contributed by atoms with Gasteiger partial charge in [-0.15, -0.1) is 0 Å². The first-order valence-corrected chi connectivity index (χ1v) is 2.15. The highest BCUT2D eigenvalue weighted by Gasteiger charge is 2.36. The fourth-order valence-electron chi connectivity index (χ4n) is 0.148. The first kappa shape index (κ1) is 4.65. The van der Waals surface area contributed by atoms with Crippen LogP contribution in [0.2, 0.25) is 0 Å². The quantitative estimate of drug-likeness (QED) is 0.359. The van der Waals surface area contributed by atoms with Crippen molar-refractivity contribution in [2.75, 3.05) is 6.61 Å². The molecule has 0 saturated carbocycles. The van der Waals surface area contributed by atoms with Gasteiger partial charge in [-0.05, 0) is 0 Å². The molecule has 2 nitrogen and oxygen atoms in total. The molecule has 1 saturated heterocycles. The van der Waals surface area contributed by atoms with Crippen LogP contribution < -0.4 is 0 Å². The summed E-state index contributed by atoms with van der Waals surface area (Å²) in [6.45, 7) is 0.260. The third-order valence-corrected chi connectivity index (χ3v) is 0.752. The molecule has 36 valence electrons. The zero-order valence-electron chi connectivity index (χ0n) is 2.78. The lowest BCUT2D eigenvalue weighted by atomic mass is 10.7. The highest BCUT2D eigenvalue weighted by Crippen LogP contribution is 2.30. The van der Waals surface area contributed by atoms with E-state index in [-0.39, 0.29) is 6.61 Å². The van der Waals surface area contributed by atoms with Crippen molar-refractivity contribution in [3.8, 4) is 0 Å².